The van der Waals surface area contributed by atoms with Crippen LogP contribution in [0.1, 0.15) is 6.23 Å². The summed E-state index contributed by atoms with van der Waals surface area (Å²) < 4.78 is 79.4. The molecular formula is C10H23N5O25P6. The van der Waals surface area contributed by atoms with Crippen LogP contribution in [-0.4, -0.2) is 109 Å². The van der Waals surface area contributed by atoms with Crippen molar-refractivity contribution in [3.63, 3.8) is 0 Å². The van der Waals surface area contributed by atoms with Crippen molar-refractivity contribution < 1.29 is 114 Å². The van der Waals surface area contributed by atoms with E-state index in [2.05, 4.69) is 32.2 Å². The third kappa shape index (κ3) is 15.4. The number of hydrogen-bond donors (Lipinski definition) is 15. The summed E-state index contributed by atoms with van der Waals surface area (Å²) >= 11 is 0. The van der Waals surface area contributed by atoms with E-state index in [0.717, 1.165) is 0 Å². The van der Waals surface area contributed by atoms with Gasteiger partial charge in [0.25, 0.3) is 5.56 Å². The lowest BCUT2D eigenvalue weighted by Crippen LogP contribution is -2.33. The average Bonchev–Trinajstić information content (AvgIpc) is 3.28. The number of phosphoric acid groups is 6. The molecule has 1 aliphatic heterocycles. The van der Waals surface area contributed by atoms with E-state index < -0.39 is 83.6 Å². The number of aliphatic hydroxyl groups is 3. The first-order chi connectivity index (χ1) is 20.4. The quantitative estimate of drug-likeness (QED) is 0.102. The highest BCUT2D eigenvalue weighted by Crippen LogP contribution is 2.65. The van der Waals surface area contributed by atoms with Crippen molar-refractivity contribution in [1.29, 1.82) is 0 Å². The van der Waals surface area contributed by atoms with Crippen molar-refractivity contribution in [3.8, 4) is 0 Å². The summed E-state index contributed by atoms with van der Waals surface area (Å²) in [6.45, 7) is -0.447. The van der Waals surface area contributed by atoms with Crippen molar-refractivity contribution in [2.45, 2.75) is 24.5 Å². The number of nitrogens with one attached hydrogen (secondary N) is 1. The van der Waals surface area contributed by atoms with E-state index in [1.54, 1.807) is 0 Å². The van der Waals surface area contributed by atoms with Crippen molar-refractivity contribution >= 4 is 64.0 Å². The standard InChI is InChI=1S/C10H13N5O5.2H5O10P3/c11-10-13-7-4(8(19)14-10)12-2-15(7)9-6(18)5(17)3(1-16)20-9;2*1-11(2,3)9-13(7,8)10-12(4,5)6/h2-3,5-6,9,16-18H,1H2,(H3,11,13,14,19);2*(H,7,8)(H2,1,2,3)(H2,4,5,6)/t3-,5-,6-,9-;;/m1../s1. The number of aromatic nitrogens is 4. The molecule has 2 aromatic heterocycles. The molecule has 3 rings (SSSR count). The minimum absolute atomic E-state index is 0.0388. The summed E-state index contributed by atoms with van der Waals surface area (Å²) in [5.74, 6) is -0.101. The number of nitrogens with zero attached hydrogens (tertiary/aromatic N) is 3. The Morgan fingerprint density at radius 2 is 1.17 bits per heavy atom. The van der Waals surface area contributed by atoms with Gasteiger partial charge in [-0.3, -0.25) is 14.3 Å². The van der Waals surface area contributed by atoms with E-state index >= 15 is 0 Å². The molecule has 46 heavy (non-hydrogen) atoms. The van der Waals surface area contributed by atoms with Crippen molar-refractivity contribution in [2.75, 3.05) is 12.3 Å². The van der Waals surface area contributed by atoms with E-state index in [9.17, 15) is 42.4 Å². The summed E-state index contributed by atoms with van der Waals surface area (Å²) in [7, 11) is -32.3. The van der Waals surface area contributed by atoms with Gasteiger partial charge in [0.1, 0.15) is 18.3 Å². The Hall–Kier alpha value is -1.19. The second kappa shape index (κ2) is 15.6. The Morgan fingerprint density at radius 1 is 0.783 bits per heavy atom. The maximum absolute atomic E-state index is 11.7. The zero-order chi connectivity index (χ0) is 36.3. The fourth-order valence-corrected chi connectivity index (χ4v) is 7.88. The molecule has 0 spiro atoms. The Morgan fingerprint density at radius 3 is 1.50 bits per heavy atom. The van der Waals surface area contributed by atoms with Crippen molar-refractivity contribution in [2.24, 2.45) is 0 Å². The van der Waals surface area contributed by atoms with Crippen LogP contribution < -0.4 is 11.3 Å². The van der Waals surface area contributed by atoms with Gasteiger partial charge in [0, 0.05) is 0 Å². The molecule has 2 aromatic rings. The Labute approximate surface area is 251 Å². The number of aromatic amines is 1. The fourth-order valence-electron chi connectivity index (χ4n) is 2.81. The molecule has 0 radical (unpaired) electrons. The van der Waals surface area contributed by atoms with Crippen LogP contribution in [-0.2, 0) is 49.4 Å². The molecule has 0 aromatic carbocycles. The van der Waals surface area contributed by atoms with E-state index in [-0.39, 0.29) is 17.1 Å². The molecule has 1 aliphatic rings. The van der Waals surface area contributed by atoms with Gasteiger partial charge in [-0.05, 0) is 0 Å². The zero-order valence-electron chi connectivity index (χ0n) is 21.4. The summed E-state index contributed by atoms with van der Waals surface area (Å²) in [6, 6.07) is 0. The van der Waals surface area contributed by atoms with Crippen LogP contribution >= 0.6 is 46.9 Å². The number of ether oxygens (including phenoxy) is 1. The third-order valence-corrected chi connectivity index (χ3v) is 10.8. The minimum atomic E-state index is -5.46. The molecule has 36 heteroatoms. The van der Waals surface area contributed by atoms with Crippen molar-refractivity contribution in [1.82, 2.24) is 19.5 Å². The summed E-state index contributed by atoms with van der Waals surface area (Å²) in [5, 5.41) is 28.7. The minimum Gasteiger partial charge on any atom is -0.394 e. The van der Waals surface area contributed by atoms with Crippen LogP contribution in [0.4, 0.5) is 5.95 Å². The highest BCUT2D eigenvalue weighted by molar-refractivity contribution is 7.67. The molecule has 1 saturated heterocycles. The molecular weight excluding hydrogens is 776 g/mol. The number of nitrogen functional groups attached to an aromatic ring is 1. The molecule has 0 bridgehead atoms. The number of H-pyrrole nitrogens is 1. The summed E-state index contributed by atoms with van der Waals surface area (Å²) in [4.78, 5) is 102. The number of aliphatic hydroxyl groups excluding tert-OH is 3. The number of hydrogen-bond acceptors (Lipinski definition) is 18. The second-order valence-corrected chi connectivity index (χ2v) is 16.1. The van der Waals surface area contributed by atoms with E-state index in [1.165, 1.54) is 10.9 Å². The van der Waals surface area contributed by atoms with E-state index in [0.29, 0.717) is 0 Å². The van der Waals surface area contributed by atoms with Crippen molar-refractivity contribution in [3.05, 3.63) is 16.7 Å². The maximum atomic E-state index is 11.7. The fraction of sp³-hybridized carbons (Fsp3) is 0.500. The van der Waals surface area contributed by atoms with Gasteiger partial charge in [-0.25, -0.2) is 32.4 Å². The molecule has 268 valence electrons. The lowest BCUT2D eigenvalue weighted by molar-refractivity contribution is -0.0511. The van der Waals surface area contributed by atoms with Gasteiger partial charge in [0.2, 0.25) is 5.95 Å². The van der Waals surface area contributed by atoms with Crippen LogP contribution in [0.25, 0.3) is 11.2 Å². The van der Waals surface area contributed by atoms with Gasteiger partial charge >= 0.3 is 46.9 Å². The average molecular weight is 799 g/mol. The number of rotatable bonds is 10. The van der Waals surface area contributed by atoms with Crippen LogP contribution in [0.5, 0.6) is 0 Å². The van der Waals surface area contributed by atoms with E-state index in [4.69, 9.17) is 64.5 Å². The highest BCUT2D eigenvalue weighted by Gasteiger charge is 2.44. The molecule has 0 aliphatic carbocycles. The molecule has 0 saturated carbocycles. The van der Waals surface area contributed by atoms with Crippen LogP contribution in [0.3, 0.4) is 0 Å². The number of anilines is 1. The van der Waals surface area contributed by atoms with Gasteiger partial charge in [-0.15, -0.1) is 0 Å². The Balaban J connectivity index is 0.000000362. The first kappa shape index (κ1) is 42.8. The topological polar surface area (TPSA) is 501 Å². The van der Waals surface area contributed by atoms with Gasteiger partial charge in [-0.1, -0.05) is 0 Å². The predicted molar refractivity (Wildman–Crippen MR) is 138 cm³/mol. The molecule has 30 nitrogen and oxygen atoms in total. The third-order valence-electron chi connectivity index (χ3n) is 4.08. The molecule has 3 heterocycles. The predicted octanol–water partition coefficient (Wildman–Crippen LogP) is -4.08. The zero-order valence-corrected chi connectivity index (χ0v) is 26.8. The maximum Gasteiger partial charge on any atom is 0.490 e. The lowest BCUT2D eigenvalue weighted by atomic mass is 10.1. The normalized spacial score (nSPS) is 21.3. The molecule has 0 amide bonds. The van der Waals surface area contributed by atoms with Gasteiger partial charge in [0.05, 0.1) is 12.9 Å². The first-order valence-corrected chi connectivity index (χ1v) is 19.5. The lowest BCUT2D eigenvalue weighted by Gasteiger charge is -2.16. The largest absolute Gasteiger partial charge is 0.490 e. The van der Waals surface area contributed by atoms with Crippen LogP contribution in [0, 0.1) is 0 Å². The van der Waals surface area contributed by atoms with Crippen LogP contribution in [0.2, 0.25) is 0 Å². The number of nitrogens with two attached hydrogens (primary N) is 1. The first-order valence-electron chi connectivity index (χ1n) is 10.4. The molecule has 4 atom stereocenters. The smallest absolute Gasteiger partial charge is 0.394 e. The number of fused-ring (bicyclic) bond motifs is 1. The van der Waals surface area contributed by atoms with Gasteiger partial charge in [0.15, 0.2) is 17.4 Å². The van der Waals surface area contributed by atoms with E-state index in [1.807, 2.05) is 0 Å². The second-order valence-electron chi connectivity index (χ2n) is 7.73. The van der Waals surface area contributed by atoms with Gasteiger partial charge < -0.3 is 74.7 Å². The number of imidazole rings is 1. The Bertz CT molecular complexity index is 1580. The van der Waals surface area contributed by atoms with Crippen LogP contribution in [0.15, 0.2) is 11.1 Å². The Kier molecular flexibility index (Phi) is 14.5. The highest BCUT2D eigenvalue weighted by atomic mass is 31.3. The monoisotopic (exact) mass is 799 g/mol. The molecule has 16 N–H and O–H groups in total. The summed E-state index contributed by atoms with van der Waals surface area (Å²) in [5.41, 5.74) is 5.12. The summed E-state index contributed by atoms with van der Waals surface area (Å²) in [6.07, 6.45) is -3.21. The SMILES string of the molecule is Nc1nc2c(ncn2[C@@H]2O[C@H](CO)[C@@H](O)[C@H]2O)c(=O)[nH]1.O=P(O)(O)OP(=O)(O)OP(=O)(O)O.O=P(O)(O)OP(=O)(O)OP(=O)(O)O. The molecule has 0 unspecified atom stereocenters. The van der Waals surface area contributed by atoms with Gasteiger partial charge in [-0.2, -0.15) is 22.2 Å². The molecule has 1 fully saturated rings.